The number of nitrogens with zero attached hydrogens (tertiary/aromatic N) is 2. The number of rotatable bonds is 5. The Balaban J connectivity index is 1.86. The van der Waals surface area contributed by atoms with E-state index in [2.05, 4.69) is 9.88 Å². The van der Waals surface area contributed by atoms with Crippen molar-refractivity contribution in [3.63, 3.8) is 0 Å². The van der Waals surface area contributed by atoms with Gasteiger partial charge in [-0.3, -0.25) is 9.88 Å². The summed E-state index contributed by atoms with van der Waals surface area (Å²) in [6.45, 7) is 2.46. The lowest BCUT2D eigenvalue weighted by molar-refractivity contribution is 0.0696. The van der Waals surface area contributed by atoms with Crippen LogP contribution in [0.25, 0.3) is 0 Å². The lowest BCUT2D eigenvalue weighted by atomic mass is 10.2. The van der Waals surface area contributed by atoms with Gasteiger partial charge in [-0.2, -0.15) is 0 Å². The van der Waals surface area contributed by atoms with Crippen LogP contribution >= 0.6 is 0 Å². The fourth-order valence-corrected chi connectivity index (χ4v) is 2.12. The summed E-state index contributed by atoms with van der Waals surface area (Å²) in [5.41, 5.74) is 1.10. The van der Waals surface area contributed by atoms with E-state index in [1.165, 1.54) is 6.20 Å². The van der Waals surface area contributed by atoms with E-state index in [0.29, 0.717) is 12.6 Å². The van der Waals surface area contributed by atoms with Crippen LogP contribution in [0.15, 0.2) is 18.3 Å². The molecule has 0 bridgehead atoms. The Hall–Kier alpha value is -1.46. The third-order valence-electron chi connectivity index (χ3n) is 3.04. The van der Waals surface area contributed by atoms with Gasteiger partial charge in [-0.1, -0.05) is 0 Å². The summed E-state index contributed by atoms with van der Waals surface area (Å²) in [5, 5.41) is 8.78. The maximum atomic E-state index is 10.7. The van der Waals surface area contributed by atoms with Crippen LogP contribution in [0.4, 0.5) is 0 Å². The number of hydrogen-bond donors (Lipinski definition) is 1. The zero-order valence-corrected chi connectivity index (χ0v) is 10.5. The SMILES string of the molecule is CN(Cc1ccc(C(=O)O)cn1)CC1CCCO1. The van der Waals surface area contributed by atoms with E-state index in [1.54, 1.807) is 12.1 Å². The van der Waals surface area contributed by atoms with E-state index in [1.807, 2.05) is 7.05 Å². The fourth-order valence-electron chi connectivity index (χ4n) is 2.12. The lowest BCUT2D eigenvalue weighted by Gasteiger charge is -2.19. The molecular formula is C13H18N2O3. The van der Waals surface area contributed by atoms with Crippen molar-refractivity contribution >= 4 is 5.97 Å². The second-order valence-electron chi connectivity index (χ2n) is 4.68. The van der Waals surface area contributed by atoms with Crippen LogP contribution in [-0.4, -0.2) is 47.3 Å². The molecular weight excluding hydrogens is 232 g/mol. The van der Waals surface area contributed by atoms with Crippen molar-refractivity contribution in [2.24, 2.45) is 0 Å². The van der Waals surface area contributed by atoms with Gasteiger partial charge in [-0.15, -0.1) is 0 Å². The maximum absolute atomic E-state index is 10.7. The largest absolute Gasteiger partial charge is 0.478 e. The van der Waals surface area contributed by atoms with Crippen molar-refractivity contribution in [3.05, 3.63) is 29.6 Å². The predicted octanol–water partition coefficient (Wildman–Crippen LogP) is 1.39. The van der Waals surface area contributed by atoms with Crippen LogP contribution in [0.5, 0.6) is 0 Å². The molecule has 1 unspecified atom stereocenters. The monoisotopic (exact) mass is 250 g/mol. The van der Waals surface area contributed by atoms with E-state index in [9.17, 15) is 4.79 Å². The molecule has 1 atom stereocenters. The predicted molar refractivity (Wildman–Crippen MR) is 66.5 cm³/mol. The molecule has 0 saturated carbocycles. The maximum Gasteiger partial charge on any atom is 0.337 e. The summed E-state index contributed by atoms with van der Waals surface area (Å²) in [5.74, 6) is -0.943. The molecule has 0 spiro atoms. The highest BCUT2D eigenvalue weighted by Crippen LogP contribution is 2.13. The second kappa shape index (κ2) is 5.93. The van der Waals surface area contributed by atoms with Crippen molar-refractivity contribution in [3.8, 4) is 0 Å². The Bertz CT molecular complexity index is 399. The van der Waals surface area contributed by atoms with E-state index in [0.717, 1.165) is 31.7 Å². The second-order valence-corrected chi connectivity index (χ2v) is 4.68. The molecule has 0 amide bonds. The number of carboxylic acid groups (broad SMARTS) is 1. The summed E-state index contributed by atoms with van der Waals surface area (Å²) in [6, 6.07) is 3.35. The van der Waals surface area contributed by atoms with Crippen LogP contribution in [0.3, 0.4) is 0 Å². The van der Waals surface area contributed by atoms with Crippen LogP contribution < -0.4 is 0 Å². The molecule has 0 aromatic carbocycles. The lowest BCUT2D eigenvalue weighted by Crippen LogP contribution is -2.28. The average Bonchev–Trinajstić information content (AvgIpc) is 2.82. The number of carboxylic acids is 1. The summed E-state index contributed by atoms with van der Waals surface area (Å²) in [6.07, 6.45) is 3.99. The van der Waals surface area contributed by atoms with E-state index in [-0.39, 0.29) is 5.56 Å². The molecule has 1 aliphatic heterocycles. The minimum absolute atomic E-state index is 0.223. The van der Waals surface area contributed by atoms with Crippen LogP contribution in [-0.2, 0) is 11.3 Å². The summed E-state index contributed by atoms with van der Waals surface area (Å²) in [4.78, 5) is 17.0. The minimum atomic E-state index is -0.943. The molecule has 1 saturated heterocycles. The third kappa shape index (κ3) is 3.51. The number of aromatic nitrogens is 1. The first kappa shape index (κ1) is 13.0. The van der Waals surface area contributed by atoms with E-state index in [4.69, 9.17) is 9.84 Å². The van der Waals surface area contributed by atoms with Gasteiger partial charge < -0.3 is 9.84 Å². The molecule has 2 heterocycles. The van der Waals surface area contributed by atoms with Gasteiger partial charge in [0.1, 0.15) is 0 Å². The molecule has 1 fully saturated rings. The zero-order valence-electron chi connectivity index (χ0n) is 10.5. The topological polar surface area (TPSA) is 62.7 Å². The summed E-state index contributed by atoms with van der Waals surface area (Å²) < 4.78 is 5.57. The van der Waals surface area contributed by atoms with Crippen LogP contribution in [0.1, 0.15) is 28.9 Å². The van der Waals surface area contributed by atoms with Crippen molar-refractivity contribution in [2.45, 2.75) is 25.5 Å². The van der Waals surface area contributed by atoms with Crippen molar-refractivity contribution in [1.82, 2.24) is 9.88 Å². The highest BCUT2D eigenvalue weighted by Gasteiger charge is 2.17. The van der Waals surface area contributed by atoms with Gasteiger partial charge in [-0.25, -0.2) is 4.79 Å². The van der Waals surface area contributed by atoms with Gasteiger partial charge in [0, 0.05) is 25.9 Å². The third-order valence-corrected chi connectivity index (χ3v) is 3.04. The number of ether oxygens (including phenoxy) is 1. The molecule has 0 aliphatic carbocycles. The number of likely N-dealkylation sites (N-methyl/N-ethyl adjacent to an activating group) is 1. The zero-order chi connectivity index (χ0) is 13.0. The standard InChI is InChI=1S/C13H18N2O3/c1-15(9-12-3-2-6-18-12)8-11-5-4-10(7-14-11)13(16)17/h4-5,7,12H,2-3,6,8-9H2,1H3,(H,16,17). The Kier molecular flexibility index (Phi) is 4.28. The smallest absolute Gasteiger partial charge is 0.337 e. The van der Waals surface area contributed by atoms with Crippen molar-refractivity contribution < 1.29 is 14.6 Å². The first-order valence-electron chi connectivity index (χ1n) is 6.13. The first-order chi connectivity index (χ1) is 8.65. The highest BCUT2D eigenvalue weighted by atomic mass is 16.5. The molecule has 0 radical (unpaired) electrons. The van der Waals surface area contributed by atoms with Gasteiger partial charge in [0.2, 0.25) is 0 Å². The number of carbonyl (C=O) groups is 1. The molecule has 1 aliphatic rings. The number of aromatic carboxylic acids is 1. The Labute approximate surface area is 106 Å². The van der Waals surface area contributed by atoms with Gasteiger partial charge in [-0.05, 0) is 32.0 Å². The first-order valence-corrected chi connectivity index (χ1v) is 6.13. The van der Waals surface area contributed by atoms with Crippen molar-refractivity contribution in [1.29, 1.82) is 0 Å². The molecule has 98 valence electrons. The van der Waals surface area contributed by atoms with E-state index < -0.39 is 5.97 Å². The molecule has 18 heavy (non-hydrogen) atoms. The molecule has 5 nitrogen and oxygen atoms in total. The van der Waals surface area contributed by atoms with E-state index >= 15 is 0 Å². The molecule has 1 N–H and O–H groups in total. The number of hydrogen-bond acceptors (Lipinski definition) is 4. The minimum Gasteiger partial charge on any atom is -0.478 e. The number of pyridine rings is 1. The molecule has 2 rings (SSSR count). The molecule has 5 heteroatoms. The summed E-state index contributed by atoms with van der Waals surface area (Å²) >= 11 is 0. The normalized spacial score (nSPS) is 19.3. The van der Waals surface area contributed by atoms with Gasteiger partial charge in [0.05, 0.1) is 17.4 Å². The highest BCUT2D eigenvalue weighted by molar-refractivity contribution is 5.87. The molecule has 1 aromatic rings. The van der Waals surface area contributed by atoms with Gasteiger partial charge in [0.15, 0.2) is 0 Å². The van der Waals surface area contributed by atoms with Crippen molar-refractivity contribution in [2.75, 3.05) is 20.2 Å². The average molecular weight is 250 g/mol. The Morgan fingerprint density at radius 1 is 1.61 bits per heavy atom. The quantitative estimate of drug-likeness (QED) is 0.855. The van der Waals surface area contributed by atoms with Gasteiger partial charge in [0.25, 0.3) is 0 Å². The van der Waals surface area contributed by atoms with Gasteiger partial charge >= 0.3 is 5.97 Å². The van der Waals surface area contributed by atoms with Crippen LogP contribution in [0, 0.1) is 0 Å². The van der Waals surface area contributed by atoms with Crippen LogP contribution in [0.2, 0.25) is 0 Å². The summed E-state index contributed by atoms with van der Waals surface area (Å²) in [7, 11) is 2.02. The Morgan fingerprint density at radius 3 is 3.00 bits per heavy atom. The fraction of sp³-hybridized carbons (Fsp3) is 0.538. The molecule has 1 aromatic heterocycles. The Morgan fingerprint density at radius 2 is 2.44 bits per heavy atom.